The maximum atomic E-state index is 14.2. The van der Waals surface area contributed by atoms with Crippen molar-refractivity contribution in [3.63, 3.8) is 0 Å². The Hall–Kier alpha value is -3.07. The van der Waals surface area contributed by atoms with Gasteiger partial charge in [-0.3, -0.25) is 14.5 Å². The Morgan fingerprint density at radius 2 is 1.88 bits per heavy atom. The van der Waals surface area contributed by atoms with E-state index in [1.54, 1.807) is 36.5 Å². The lowest BCUT2D eigenvalue weighted by atomic mass is 9.84. The SMILES string of the molecule is CNC(=O)C(N(C(=O)c1ncn2c1CN(C)CCC2)c1ccc2c(c1)OCCO2)C(C)(C)C. The molecular weight excluding hydrogens is 422 g/mol. The average molecular weight is 456 g/mol. The summed E-state index contributed by atoms with van der Waals surface area (Å²) in [6.45, 7) is 9.14. The van der Waals surface area contributed by atoms with Crippen LogP contribution >= 0.6 is 0 Å². The molecule has 1 unspecified atom stereocenters. The van der Waals surface area contributed by atoms with Gasteiger partial charge in [-0.2, -0.15) is 0 Å². The number of ether oxygens (including phenoxy) is 2. The first kappa shape index (κ1) is 23.1. The highest BCUT2D eigenvalue weighted by atomic mass is 16.6. The van der Waals surface area contributed by atoms with Crippen molar-refractivity contribution in [1.29, 1.82) is 0 Å². The Labute approximate surface area is 194 Å². The summed E-state index contributed by atoms with van der Waals surface area (Å²) >= 11 is 0. The molecule has 9 heteroatoms. The molecule has 1 N–H and O–H groups in total. The monoisotopic (exact) mass is 455 g/mol. The number of aryl methyl sites for hydroxylation is 1. The fourth-order valence-corrected chi connectivity index (χ4v) is 4.50. The molecule has 2 aliphatic rings. The largest absolute Gasteiger partial charge is 0.486 e. The third-order valence-electron chi connectivity index (χ3n) is 6.10. The first-order chi connectivity index (χ1) is 15.7. The molecule has 33 heavy (non-hydrogen) atoms. The molecule has 2 aromatic rings. The molecule has 9 nitrogen and oxygen atoms in total. The zero-order valence-corrected chi connectivity index (χ0v) is 20.1. The van der Waals surface area contributed by atoms with E-state index in [0.717, 1.165) is 25.2 Å². The number of hydrogen-bond donors (Lipinski definition) is 1. The van der Waals surface area contributed by atoms with E-state index in [9.17, 15) is 9.59 Å². The first-order valence-electron chi connectivity index (χ1n) is 11.4. The predicted octanol–water partition coefficient (Wildman–Crippen LogP) is 2.30. The Balaban J connectivity index is 1.84. The maximum Gasteiger partial charge on any atom is 0.279 e. The van der Waals surface area contributed by atoms with E-state index in [4.69, 9.17) is 9.47 Å². The van der Waals surface area contributed by atoms with Crippen LogP contribution in [0.5, 0.6) is 11.5 Å². The molecule has 0 aliphatic carbocycles. The lowest BCUT2D eigenvalue weighted by Gasteiger charge is -2.39. The van der Waals surface area contributed by atoms with Crippen LogP contribution in [0, 0.1) is 5.41 Å². The quantitative estimate of drug-likeness (QED) is 0.761. The molecule has 1 atom stereocenters. The molecule has 0 saturated heterocycles. The van der Waals surface area contributed by atoms with Crippen LogP contribution in [0.2, 0.25) is 0 Å². The van der Waals surface area contributed by atoms with E-state index in [1.807, 2.05) is 32.4 Å². The predicted molar refractivity (Wildman–Crippen MR) is 125 cm³/mol. The van der Waals surface area contributed by atoms with Crippen molar-refractivity contribution in [2.45, 2.75) is 46.3 Å². The number of nitrogens with one attached hydrogen (secondary N) is 1. The number of fused-ring (bicyclic) bond motifs is 2. The zero-order valence-electron chi connectivity index (χ0n) is 20.1. The first-order valence-corrected chi connectivity index (χ1v) is 11.4. The van der Waals surface area contributed by atoms with Gasteiger partial charge in [-0.15, -0.1) is 0 Å². The van der Waals surface area contributed by atoms with Crippen LogP contribution in [0.15, 0.2) is 24.5 Å². The van der Waals surface area contributed by atoms with Gasteiger partial charge in [-0.05, 0) is 37.6 Å². The summed E-state index contributed by atoms with van der Waals surface area (Å²) in [5.41, 5.74) is 1.26. The Morgan fingerprint density at radius 3 is 2.58 bits per heavy atom. The zero-order chi connectivity index (χ0) is 23.8. The number of benzene rings is 1. The van der Waals surface area contributed by atoms with Gasteiger partial charge >= 0.3 is 0 Å². The fraction of sp³-hybridized carbons (Fsp3) is 0.542. The molecule has 0 saturated carbocycles. The van der Waals surface area contributed by atoms with Gasteiger partial charge < -0.3 is 24.3 Å². The van der Waals surface area contributed by atoms with Crippen molar-refractivity contribution >= 4 is 17.5 Å². The number of imidazole rings is 1. The van der Waals surface area contributed by atoms with Gasteiger partial charge in [0.15, 0.2) is 17.2 Å². The smallest absolute Gasteiger partial charge is 0.279 e. The van der Waals surface area contributed by atoms with E-state index in [0.29, 0.717) is 42.6 Å². The molecule has 178 valence electrons. The highest BCUT2D eigenvalue weighted by molar-refractivity contribution is 6.09. The molecule has 0 spiro atoms. The highest BCUT2D eigenvalue weighted by Gasteiger charge is 2.41. The molecule has 1 aromatic heterocycles. The van der Waals surface area contributed by atoms with E-state index < -0.39 is 11.5 Å². The lowest BCUT2D eigenvalue weighted by molar-refractivity contribution is -0.124. The van der Waals surface area contributed by atoms with Crippen molar-refractivity contribution in [1.82, 2.24) is 19.8 Å². The van der Waals surface area contributed by atoms with E-state index in [1.165, 1.54) is 0 Å². The summed E-state index contributed by atoms with van der Waals surface area (Å²) in [7, 11) is 3.63. The number of likely N-dealkylation sites (N-methyl/N-ethyl adjacent to an activating group) is 1. The number of anilines is 1. The third kappa shape index (κ3) is 4.55. The molecule has 1 aromatic carbocycles. The summed E-state index contributed by atoms with van der Waals surface area (Å²) in [5.74, 6) is 0.638. The number of aromatic nitrogens is 2. The van der Waals surface area contributed by atoms with Crippen molar-refractivity contribution in [2.24, 2.45) is 5.41 Å². The van der Waals surface area contributed by atoms with Crippen LogP contribution in [0.3, 0.4) is 0 Å². The number of nitrogens with zero attached hydrogens (tertiary/aromatic N) is 4. The third-order valence-corrected chi connectivity index (χ3v) is 6.10. The number of hydrogen-bond acceptors (Lipinski definition) is 6. The second-order valence-electron chi connectivity index (χ2n) is 9.71. The summed E-state index contributed by atoms with van der Waals surface area (Å²) in [5, 5.41) is 2.74. The normalized spacial score (nSPS) is 17.0. The Kier molecular flexibility index (Phi) is 6.34. The summed E-state index contributed by atoms with van der Waals surface area (Å²) in [4.78, 5) is 35.6. The van der Waals surface area contributed by atoms with E-state index in [2.05, 4.69) is 15.2 Å². The Bertz CT molecular complexity index is 1040. The fourth-order valence-electron chi connectivity index (χ4n) is 4.50. The standard InChI is InChI=1S/C24H33N5O4/c1-24(2,3)21(22(30)25-4)29(16-7-8-18-19(13-16)33-12-11-32-18)23(31)20-17-14-27(5)9-6-10-28(17)15-26-20/h7-8,13,15,21H,6,9-12,14H2,1-5H3,(H,25,30). The molecule has 0 radical (unpaired) electrons. The van der Waals surface area contributed by atoms with Gasteiger partial charge in [-0.1, -0.05) is 20.8 Å². The van der Waals surface area contributed by atoms with Crippen molar-refractivity contribution in [2.75, 3.05) is 38.8 Å². The van der Waals surface area contributed by atoms with Crippen molar-refractivity contribution < 1.29 is 19.1 Å². The summed E-state index contributed by atoms with van der Waals surface area (Å²) in [6.07, 6.45) is 2.72. The minimum atomic E-state index is -0.765. The van der Waals surface area contributed by atoms with Gasteiger partial charge in [0.2, 0.25) is 5.91 Å². The minimum absolute atomic E-state index is 0.242. The van der Waals surface area contributed by atoms with Gasteiger partial charge in [0, 0.05) is 31.9 Å². The maximum absolute atomic E-state index is 14.2. The van der Waals surface area contributed by atoms with Gasteiger partial charge in [0.25, 0.3) is 5.91 Å². The van der Waals surface area contributed by atoms with Crippen LogP contribution in [0.1, 0.15) is 43.4 Å². The van der Waals surface area contributed by atoms with E-state index >= 15 is 0 Å². The topological polar surface area (TPSA) is 88.9 Å². The molecule has 3 heterocycles. The number of carbonyl (C=O) groups excluding carboxylic acids is 2. The number of amides is 2. The van der Waals surface area contributed by atoms with Crippen molar-refractivity contribution in [3.05, 3.63) is 35.9 Å². The summed E-state index contributed by atoms with van der Waals surface area (Å²) < 4.78 is 13.5. The van der Waals surface area contributed by atoms with Crippen molar-refractivity contribution in [3.8, 4) is 11.5 Å². The van der Waals surface area contributed by atoms with Crippen LogP contribution < -0.4 is 19.7 Å². The molecule has 2 amide bonds. The van der Waals surface area contributed by atoms with Gasteiger partial charge in [0.05, 0.1) is 12.0 Å². The molecular formula is C24H33N5O4. The molecule has 0 fully saturated rings. The Morgan fingerprint density at radius 1 is 1.15 bits per heavy atom. The van der Waals surface area contributed by atoms with Crippen LogP contribution in [-0.2, 0) is 17.9 Å². The van der Waals surface area contributed by atoms with E-state index in [-0.39, 0.29) is 11.8 Å². The van der Waals surface area contributed by atoms with Gasteiger partial charge in [-0.25, -0.2) is 4.98 Å². The molecule has 2 aliphatic heterocycles. The highest BCUT2D eigenvalue weighted by Crippen LogP contribution is 2.38. The van der Waals surface area contributed by atoms with Crippen LogP contribution in [0.4, 0.5) is 5.69 Å². The van der Waals surface area contributed by atoms with Gasteiger partial charge in [0.1, 0.15) is 19.3 Å². The minimum Gasteiger partial charge on any atom is -0.486 e. The number of rotatable bonds is 4. The molecule has 0 bridgehead atoms. The van der Waals surface area contributed by atoms with Crippen LogP contribution in [-0.4, -0.2) is 66.2 Å². The second-order valence-corrected chi connectivity index (χ2v) is 9.71. The second kappa shape index (κ2) is 9.05. The number of carbonyl (C=O) groups is 2. The molecule has 4 rings (SSSR count). The van der Waals surface area contributed by atoms with Crippen LogP contribution in [0.25, 0.3) is 0 Å². The average Bonchev–Trinajstić information content (AvgIpc) is 3.07. The lowest BCUT2D eigenvalue weighted by Crippen LogP contribution is -2.56. The summed E-state index contributed by atoms with van der Waals surface area (Å²) in [6, 6.07) is 4.59.